The lowest BCUT2D eigenvalue weighted by molar-refractivity contribution is 0.617. The molecule has 1 nitrogen and oxygen atoms in total. The molecule has 0 aliphatic heterocycles. The maximum absolute atomic E-state index is 4.87. The van der Waals surface area contributed by atoms with Crippen molar-refractivity contribution in [1.82, 2.24) is 0 Å². The van der Waals surface area contributed by atoms with Gasteiger partial charge in [-0.15, -0.1) is 0 Å². The number of thiocarbonyl (C=S) groups is 1. The quantitative estimate of drug-likeness (QED) is 0.320. The molecular formula is C5H10OSSi. The standard InChI is InChI=1S/C5H10OSSi/c1-2-3-4-5(7)6-8/h2-3H,4H2,1,8H3. The van der Waals surface area contributed by atoms with E-state index in [2.05, 4.69) is 0 Å². The number of hydrogen-bond donors (Lipinski definition) is 0. The van der Waals surface area contributed by atoms with E-state index in [1.807, 2.05) is 19.1 Å². The lowest BCUT2D eigenvalue weighted by Crippen LogP contribution is -1.94. The summed E-state index contributed by atoms with van der Waals surface area (Å²) >= 11 is 4.78. The minimum absolute atomic E-state index is 0.703. The Bertz CT molecular complexity index is 101. The fourth-order valence-corrected chi connectivity index (χ4v) is 0.560. The third kappa shape index (κ3) is 4.02. The molecule has 0 saturated heterocycles. The molecule has 0 unspecified atom stereocenters. The summed E-state index contributed by atoms with van der Waals surface area (Å²) in [6.07, 6.45) is 4.74. The largest absolute Gasteiger partial charge is 0.548 e. The summed E-state index contributed by atoms with van der Waals surface area (Å²) in [4.78, 5) is 0. The highest BCUT2D eigenvalue weighted by atomic mass is 32.1. The van der Waals surface area contributed by atoms with Gasteiger partial charge in [0.05, 0.1) is 0 Å². The van der Waals surface area contributed by atoms with Crippen molar-refractivity contribution in [2.45, 2.75) is 13.3 Å². The first-order valence-corrected chi connectivity index (χ1v) is 3.71. The lowest BCUT2D eigenvalue weighted by atomic mass is 10.4. The van der Waals surface area contributed by atoms with Crippen LogP contribution in [-0.2, 0) is 4.43 Å². The summed E-state index contributed by atoms with van der Waals surface area (Å²) in [5.74, 6) is 0. The molecule has 0 N–H and O–H groups in total. The Morgan fingerprint density at radius 2 is 2.50 bits per heavy atom. The number of rotatable bonds is 2. The smallest absolute Gasteiger partial charge is 0.204 e. The molecule has 0 radical (unpaired) electrons. The molecule has 0 bridgehead atoms. The predicted octanol–water partition coefficient (Wildman–Crippen LogP) is 0.577. The molecule has 0 aromatic rings. The van der Waals surface area contributed by atoms with E-state index < -0.39 is 0 Å². The summed E-state index contributed by atoms with van der Waals surface area (Å²) in [6.45, 7) is 1.97. The molecule has 0 amide bonds. The highest BCUT2D eigenvalue weighted by Crippen LogP contribution is 1.87. The number of hydrogen-bond acceptors (Lipinski definition) is 2. The molecule has 0 aliphatic carbocycles. The van der Waals surface area contributed by atoms with E-state index in [1.54, 1.807) is 0 Å². The molecule has 0 heterocycles. The Hall–Kier alpha value is -0.153. The lowest BCUT2D eigenvalue weighted by Gasteiger charge is -1.95. The average Bonchev–Trinajstić information content (AvgIpc) is 1.83. The van der Waals surface area contributed by atoms with E-state index in [0.717, 1.165) is 6.42 Å². The van der Waals surface area contributed by atoms with E-state index in [1.165, 1.54) is 0 Å². The van der Waals surface area contributed by atoms with Crippen LogP contribution in [0.4, 0.5) is 0 Å². The van der Waals surface area contributed by atoms with Crippen LogP contribution in [0, 0.1) is 0 Å². The van der Waals surface area contributed by atoms with Crippen molar-refractivity contribution >= 4 is 27.8 Å². The molecule has 0 rings (SSSR count). The van der Waals surface area contributed by atoms with Gasteiger partial charge in [0.1, 0.15) is 5.05 Å². The zero-order valence-corrected chi connectivity index (χ0v) is 7.99. The van der Waals surface area contributed by atoms with E-state index in [9.17, 15) is 0 Å². The van der Waals surface area contributed by atoms with Crippen LogP contribution in [0.5, 0.6) is 0 Å². The second-order valence-electron chi connectivity index (χ2n) is 1.35. The highest BCUT2D eigenvalue weighted by molar-refractivity contribution is 7.80. The fourth-order valence-electron chi connectivity index (χ4n) is 0.297. The second kappa shape index (κ2) is 4.99. The van der Waals surface area contributed by atoms with Crippen molar-refractivity contribution in [3.05, 3.63) is 12.2 Å². The highest BCUT2D eigenvalue weighted by Gasteiger charge is 1.84. The molecule has 0 saturated carbocycles. The van der Waals surface area contributed by atoms with Gasteiger partial charge in [-0.05, 0) is 19.1 Å². The van der Waals surface area contributed by atoms with Gasteiger partial charge in [0, 0.05) is 6.42 Å². The normalized spacial score (nSPS) is 10.1. The minimum atomic E-state index is 0.703. The van der Waals surface area contributed by atoms with Gasteiger partial charge >= 0.3 is 0 Å². The van der Waals surface area contributed by atoms with Gasteiger partial charge in [-0.25, -0.2) is 0 Å². The first kappa shape index (κ1) is 7.85. The van der Waals surface area contributed by atoms with Crippen molar-refractivity contribution in [3.63, 3.8) is 0 Å². The van der Waals surface area contributed by atoms with Gasteiger partial charge in [-0.3, -0.25) is 0 Å². The molecule has 0 fully saturated rings. The van der Waals surface area contributed by atoms with E-state index in [4.69, 9.17) is 16.6 Å². The molecular weight excluding hydrogens is 136 g/mol. The number of allylic oxidation sites excluding steroid dienone is 1. The van der Waals surface area contributed by atoms with E-state index in [0.29, 0.717) is 15.5 Å². The topological polar surface area (TPSA) is 9.23 Å². The van der Waals surface area contributed by atoms with Crippen LogP contribution < -0.4 is 0 Å². The zero-order valence-electron chi connectivity index (χ0n) is 5.18. The molecule has 8 heavy (non-hydrogen) atoms. The van der Waals surface area contributed by atoms with Crippen LogP contribution in [0.3, 0.4) is 0 Å². The monoisotopic (exact) mass is 146 g/mol. The summed E-state index contributed by atoms with van der Waals surface area (Å²) in [5, 5.41) is 0.703. The SMILES string of the molecule is CC=CCC(=S)O[SiH3]. The van der Waals surface area contributed by atoms with E-state index in [-0.39, 0.29) is 0 Å². The average molecular weight is 146 g/mol. The molecule has 0 aromatic carbocycles. The van der Waals surface area contributed by atoms with Gasteiger partial charge in [0.2, 0.25) is 10.5 Å². The molecule has 46 valence electrons. The Morgan fingerprint density at radius 3 is 2.88 bits per heavy atom. The van der Waals surface area contributed by atoms with Gasteiger partial charge in [0.15, 0.2) is 0 Å². The summed E-state index contributed by atoms with van der Waals surface area (Å²) in [5.41, 5.74) is 0. The molecule has 0 spiro atoms. The maximum Gasteiger partial charge on any atom is 0.204 e. The van der Waals surface area contributed by atoms with Gasteiger partial charge in [-0.2, -0.15) is 0 Å². The predicted molar refractivity (Wildman–Crippen MR) is 43.1 cm³/mol. The van der Waals surface area contributed by atoms with Crippen LogP contribution in [0.2, 0.25) is 0 Å². The minimum Gasteiger partial charge on any atom is -0.548 e. The Morgan fingerprint density at radius 1 is 1.88 bits per heavy atom. The van der Waals surface area contributed by atoms with Gasteiger partial charge < -0.3 is 4.43 Å². The second-order valence-corrected chi connectivity index (χ2v) is 2.21. The summed E-state index contributed by atoms with van der Waals surface area (Å²) in [7, 11) is 0.715. The third-order valence-electron chi connectivity index (χ3n) is 0.748. The fraction of sp³-hybridized carbons (Fsp3) is 0.400. The summed E-state index contributed by atoms with van der Waals surface area (Å²) < 4.78 is 4.87. The Kier molecular flexibility index (Phi) is 4.90. The first-order valence-electron chi connectivity index (χ1n) is 2.49. The van der Waals surface area contributed by atoms with Crippen molar-refractivity contribution in [1.29, 1.82) is 0 Å². The van der Waals surface area contributed by atoms with Gasteiger partial charge in [0.25, 0.3) is 0 Å². The third-order valence-corrected chi connectivity index (χ3v) is 1.87. The molecule has 3 heteroatoms. The van der Waals surface area contributed by atoms with Crippen LogP contribution >= 0.6 is 12.2 Å². The van der Waals surface area contributed by atoms with Crippen molar-refractivity contribution in [2.75, 3.05) is 0 Å². The van der Waals surface area contributed by atoms with Gasteiger partial charge in [-0.1, -0.05) is 12.2 Å². The zero-order chi connectivity index (χ0) is 6.41. The van der Waals surface area contributed by atoms with Crippen molar-refractivity contribution in [3.8, 4) is 0 Å². The molecule has 0 aromatic heterocycles. The van der Waals surface area contributed by atoms with Crippen LogP contribution in [0.25, 0.3) is 0 Å². The Labute approximate surface area is 58.3 Å². The van der Waals surface area contributed by atoms with Crippen LogP contribution in [0.15, 0.2) is 12.2 Å². The van der Waals surface area contributed by atoms with Crippen LogP contribution in [0.1, 0.15) is 13.3 Å². The molecule has 0 aliphatic rings. The van der Waals surface area contributed by atoms with Crippen molar-refractivity contribution in [2.24, 2.45) is 0 Å². The van der Waals surface area contributed by atoms with Crippen LogP contribution in [-0.4, -0.2) is 15.5 Å². The van der Waals surface area contributed by atoms with E-state index >= 15 is 0 Å². The van der Waals surface area contributed by atoms with Crippen molar-refractivity contribution < 1.29 is 4.43 Å². The summed E-state index contributed by atoms with van der Waals surface area (Å²) in [6, 6.07) is 0. The maximum atomic E-state index is 4.87. The Balaban J connectivity index is 3.25. The first-order chi connectivity index (χ1) is 3.81. The molecule has 0 atom stereocenters.